The quantitative estimate of drug-likeness (QED) is 0.207. The SMILES string of the molecule is CC(=O)OC[C@H]1O[C@@H](OC(C)=O)[C@H](OS(=O)(=O)C(F)(F)F)[C@@H](OC(C)=O)[C@@H]1OC(C)=O. The first kappa shape index (κ1) is 26.6. The van der Waals surface area contributed by atoms with Gasteiger partial charge < -0.3 is 23.7 Å². The zero-order valence-corrected chi connectivity index (χ0v) is 17.4. The number of hydrogen-bond acceptors (Lipinski definition) is 12. The second-order valence-electron chi connectivity index (χ2n) is 6.06. The number of carbonyl (C=O) groups excluding carboxylic acids is 4. The lowest BCUT2D eigenvalue weighted by atomic mass is 9.98. The number of alkyl halides is 3. The molecular formula is C15H19F3O12S. The molecule has 0 aromatic rings. The van der Waals surface area contributed by atoms with E-state index in [1.165, 1.54) is 0 Å². The number of halogens is 3. The maximum Gasteiger partial charge on any atom is 0.523 e. The monoisotopic (exact) mass is 480 g/mol. The Balaban J connectivity index is 3.50. The van der Waals surface area contributed by atoms with Crippen molar-refractivity contribution in [2.24, 2.45) is 0 Å². The van der Waals surface area contributed by atoms with Gasteiger partial charge in [-0.2, -0.15) is 21.6 Å². The molecule has 1 rings (SSSR count). The Bertz CT molecular complexity index is 809. The van der Waals surface area contributed by atoms with Crippen LogP contribution in [0.25, 0.3) is 0 Å². The third-order valence-electron chi connectivity index (χ3n) is 3.45. The Morgan fingerprint density at radius 3 is 1.71 bits per heavy atom. The summed E-state index contributed by atoms with van der Waals surface area (Å²) in [5.74, 6) is -4.16. The molecule has 31 heavy (non-hydrogen) atoms. The van der Waals surface area contributed by atoms with E-state index in [0.29, 0.717) is 0 Å². The molecule has 0 saturated carbocycles. The average molecular weight is 480 g/mol. The van der Waals surface area contributed by atoms with Crippen LogP contribution < -0.4 is 0 Å². The first-order valence-electron chi connectivity index (χ1n) is 8.35. The maximum absolute atomic E-state index is 12.8. The number of carbonyl (C=O) groups is 4. The Hall–Kier alpha value is -2.46. The molecule has 12 nitrogen and oxygen atoms in total. The molecule has 1 aliphatic heterocycles. The number of ether oxygens (including phenoxy) is 5. The third-order valence-corrected chi connectivity index (χ3v) is 4.49. The van der Waals surface area contributed by atoms with Crippen molar-refractivity contribution >= 4 is 34.0 Å². The topological polar surface area (TPSA) is 158 Å². The zero-order chi connectivity index (χ0) is 24.1. The summed E-state index contributed by atoms with van der Waals surface area (Å²) >= 11 is 0. The first-order valence-corrected chi connectivity index (χ1v) is 9.76. The van der Waals surface area contributed by atoms with Gasteiger partial charge in [-0.15, -0.1) is 0 Å². The van der Waals surface area contributed by atoms with Gasteiger partial charge in [0.15, 0.2) is 18.3 Å². The number of rotatable bonds is 7. The molecule has 0 unspecified atom stereocenters. The fourth-order valence-electron chi connectivity index (χ4n) is 2.43. The van der Waals surface area contributed by atoms with Crippen molar-refractivity contribution in [1.29, 1.82) is 0 Å². The number of esters is 4. The molecule has 0 N–H and O–H groups in total. The minimum absolute atomic E-state index is 0.693. The molecule has 16 heteroatoms. The van der Waals surface area contributed by atoms with Gasteiger partial charge in [0.25, 0.3) is 0 Å². The Labute approximate surface area is 174 Å². The van der Waals surface area contributed by atoms with Gasteiger partial charge in [0, 0.05) is 27.7 Å². The van der Waals surface area contributed by atoms with Crippen LogP contribution in [0.3, 0.4) is 0 Å². The van der Waals surface area contributed by atoms with E-state index >= 15 is 0 Å². The summed E-state index contributed by atoms with van der Waals surface area (Å²) in [6.07, 6.45) is -10.0. The minimum atomic E-state index is -6.32. The molecule has 0 aliphatic carbocycles. The Morgan fingerprint density at radius 1 is 0.806 bits per heavy atom. The van der Waals surface area contributed by atoms with E-state index in [4.69, 9.17) is 18.9 Å². The summed E-state index contributed by atoms with van der Waals surface area (Å²) in [5.41, 5.74) is -5.90. The van der Waals surface area contributed by atoms with E-state index in [2.05, 4.69) is 8.92 Å². The summed E-state index contributed by atoms with van der Waals surface area (Å²) in [7, 11) is -6.32. The second-order valence-corrected chi connectivity index (χ2v) is 7.63. The van der Waals surface area contributed by atoms with Crippen LogP contribution >= 0.6 is 0 Å². The third kappa shape index (κ3) is 7.62. The van der Waals surface area contributed by atoms with Crippen LogP contribution in [-0.4, -0.2) is 75.1 Å². The average Bonchev–Trinajstić information content (AvgIpc) is 2.56. The van der Waals surface area contributed by atoms with Gasteiger partial charge in [0.1, 0.15) is 12.7 Å². The van der Waals surface area contributed by atoms with Crippen LogP contribution in [0.4, 0.5) is 13.2 Å². The van der Waals surface area contributed by atoms with E-state index in [1.807, 2.05) is 0 Å². The van der Waals surface area contributed by atoms with E-state index in [9.17, 15) is 40.8 Å². The van der Waals surface area contributed by atoms with Crippen molar-refractivity contribution in [3.8, 4) is 0 Å². The smallest absolute Gasteiger partial charge is 0.463 e. The van der Waals surface area contributed by atoms with Crippen LogP contribution in [0.5, 0.6) is 0 Å². The van der Waals surface area contributed by atoms with E-state index in [-0.39, 0.29) is 0 Å². The molecule has 1 heterocycles. The highest BCUT2D eigenvalue weighted by Crippen LogP contribution is 2.34. The van der Waals surface area contributed by atoms with Gasteiger partial charge in [-0.25, -0.2) is 4.18 Å². The van der Waals surface area contributed by atoms with E-state index < -0.39 is 76.8 Å². The number of hydrogen-bond donors (Lipinski definition) is 0. The molecule has 1 fully saturated rings. The molecule has 5 atom stereocenters. The first-order chi connectivity index (χ1) is 14.0. The van der Waals surface area contributed by atoms with Crippen LogP contribution in [0.2, 0.25) is 0 Å². The summed E-state index contributed by atoms with van der Waals surface area (Å²) in [5, 5.41) is 0. The van der Waals surface area contributed by atoms with Gasteiger partial charge >= 0.3 is 39.5 Å². The summed E-state index contributed by atoms with van der Waals surface area (Å²) < 4.78 is 90.1. The van der Waals surface area contributed by atoms with E-state index in [1.54, 1.807) is 0 Å². The van der Waals surface area contributed by atoms with Crippen molar-refractivity contribution in [1.82, 2.24) is 0 Å². The predicted octanol–water partition coefficient (Wildman–Crippen LogP) is -0.0643. The van der Waals surface area contributed by atoms with Crippen LogP contribution in [0.15, 0.2) is 0 Å². The molecule has 1 aliphatic rings. The van der Waals surface area contributed by atoms with Crippen molar-refractivity contribution in [2.75, 3.05) is 6.61 Å². The molecule has 1 saturated heterocycles. The van der Waals surface area contributed by atoms with Gasteiger partial charge in [-0.1, -0.05) is 0 Å². The fourth-order valence-corrected chi connectivity index (χ4v) is 3.04. The second kappa shape index (κ2) is 10.2. The molecular weight excluding hydrogens is 461 g/mol. The maximum atomic E-state index is 12.8. The highest BCUT2D eigenvalue weighted by Gasteiger charge is 2.58. The summed E-state index contributed by atoms with van der Waals surface area (Å²) in [6, 6.07) is 0. The normalized spacial score (nSPS) is 26.5. The largest absolute Gasteiger partial charge is 0.523 e. The van der Waals surface area contributed by atoms with Crippen LogP contribution in [0.1, 0.15) is 27.7 Å². The van der Waals surface area contributed by atoms with Crippen molar-refractivity contribution < 1.29 is 68.6 Å². The molecule has 0 amide bonds. The van der Waals surface area contributed by atoms with Crippen LogP contribution in [0, 0.1) is 0 Å². The molecule has 0 radical (unpaired) electrons. The standard InChI is InChI=1S/C15H19F3O12S/c1-6(19)25-5-10-11(26-7(2)20)12(27-8(3)21)13(14(29-10)28-9(4)22)30-31(23,24)15(16,17)18/h10-14H,5H2,1-4H3/t10-,11-,12+,13-,14-/m1/s1. The molecule has 178 valence electrons. The molecule has 0 bridgehead atoms. The lowest BCUT2D eigenvalue weighted by Gasteiger charge is -2.43. The summed E-state index contributed by atoms with van der Waals surface area (Å²) in [6.45, 7) is 2.82. The lowest BCUT2D eigenvalue weighted by molar-refractivity contribution is -0.292. The van der Waals surface area contributed by atoms with E-state index in [0.717, 1.165) is 27.7 Å². The highest BCUT2D eigenvalue weighted by molar-refractivity contribution is 7.87. The van der Waals surface area contributed by atoms with Crippen LogP contribution in [-0.2, 0) is 57.2 Å². The van der Waals surface area contributed by atoms with Gasteiger partial charge in [-0.05, 0) is 0 Å². The predicted molar refractivity (Wildman–Crippen MR) is 88.0 cm³/mol. The van der Waals surface area contributed by atoms with Crippen molar-refractivity contribution in [3.63, 3.8) is 0 Å². The minimum Gasteiger partial charge on any atom is -0.463 e. The van der Waals surface area contributed by atoms with Gasteiger partial charge in [0.05, 0.1) is 0 Å². The Morgan fingerprint density at radius 2 is 1.29 bits per heavy atom. The fraction of sp³-hybridized carbons (Fsp3) is 0.733. The summed E-state index contributed by atoms with van der Waals surface area (Å²) in [4.78, 5) is 45.5. The molecule has 0 aromatic heterocycles. The van der Waals surface area contributed by atoms with Crippen molar-refractivity contribution in [2.45, 2.75) is 63.9 Å². The van der Waals surface area contributed by atoms with Gasteiger partial charge in [-0.3, -0.25) is 19.2 Å². The lowest BCUT2D eigenvalue weighted by Crippen LogP contribution is -2.63. The highest BCUT2D eigenvalue weighted by atomic mass is 32.2. The Kier molecular flexibility index (Phi) is 8.77. The molecule has 0 spiro atoms. The van der Waals surface area contributed by atoms with Gasteiger partial charge in [0.2, 0.25) is 6.29 Å². The molecule has 0 aromatic carbocycles. The van der Waals surface area contributed by atoms with Crippen molar-refractivity contribution in [3.05, 3.63) is 0 Å². The zero-order valence-electron chi connectivity index (χ0n) is 16.5.